The van der Waals surface area contributed by atoms with Gasteiger partial charge in [-0.15, -0.1) is 0 Å². The van der Waals surface area contributed by atoms with Crippen molar-refractivity contribution in [3.05, 3.63) is 24.3 Å². The highest BCUT2D eigenvalue weighted by atomic mass is 16.6. The second kappa shape index (κ2) is 3.33. The van der Waals surface area contributed by atoms with Crippen molar-refractivity contribution in [3.63, 3.8) is 0 Å². The molecule has 0 aromatic carbocycles. The molecule has 2 rings (SSSR count). The molecule has 68 valence electrons. The molecule has 1 aliphatic carbocycles. The van der Waals surface area contributed by atoms with Gasteiger partial charge in [0, 0.05) is 6.42 Å². The molecule has 2 atom stereocenters. The van der Waals surface area contributed by atoms with Gasteiger partial charge >= 0.3 is 0 Å². The van der Waals surface area contributed by atoms with E-state index in [0.29, 0.717) is 13.0 Å². The second-order valence-electron chi connectivity index (χ2n) is 3.26. The van der Waals surface area contributed by atoms with Crippen molar-refractivity contribution in [2.24, 2.45) is 0 Å². The van der Waals surface area contributed by atoms with Crippen LogP contribution >= 0.6 is 0 Å². The minimum Gasteiger partial charge on any atom is -0.371 e. The van der Waals surface area contributed by atoms with Gasteiger partial charge in [0.2, 0.25) is 0 Å². The Morgan fingerprint density at radius 1 is 1.62 bits per heavy atom. The Morgan fingerprint density at radius 2 is 2.46 bits per heavy atom. The number of nitrogens with zero attached hydrogens (tertiary/aromatic N) is 1. The van der Waals surface area contributed by atoms with Gasteiger partial charge in [-0.1, -0.05) is 18.2 Å². The van der Waals surface area contributed by atoms with E-state index < -0.39 is 5.60 Å². The fourth-order valence-electron chi connectivity index (χ4n) is 1.23. The van der Waals surface area contributed by atoms with Crippen molar-refractivity contribution >= 4 is 0 Å². The summed E-state index contributed by atoms with van der Waals surface area (Å²) in [5.41, 5.74) is -0.749. The number of allylic oxidation sites excluding steroid dienone is 2. The average molecular weight is 177 g/mol. The van der Waals surface area contributed by atoms with Crippen LogP contribution in [0.15, 0.2) is 24.3 Å². The molecule has 13 heavy (non-hydrogen) atoms. The molecule has 2 aliphatic rings. The van der Waals surface area contributed by atoms with Crippen molar-refractivity contribution in [3.8, 4) is 6.07 Å². The zero-order valence-electron chi connectivity index (χ0n) is 7.27. The first-order chi connectivity index (χ1) is 6.35. The van der Waals surface area contributed by atoms with Gasteiger partial charge in [-0.05, 0) is 6.08 Å². The third-order valence-corrected chi connectivity index (χ3v) is 2.15. The lowest BCUT2D eigenvalue weighted by Crippen LogP contribution is -2.30. The van der Waals surface area contributed by atoms with Crippen LogP contribution in [0.5, 0.6) is 0 Å². The van der Waals surface area contributed by atoms with Crippen LogP contribution in [0.1, 0.15) is 6.42 Å². The van der Waals surface area contributed by atoms with Gasteiger partial charge < -0.3 is 9.47 Å². The summed E-state index contributed by atoms with van der Waals surface area (Å²) in [5, 5.41) is 8.97. The fourth-order valence-corrected chi connectivity index (χ4v) is 1.23. The van der Waals surface area contributed by atoms with Crippen LogP contribution in [-0.2, 0) is 9.47 Å². The third-order valence-electron chi connectivity index (χ3n) is 2.15. The predicted octanol–water partition coefficient (Wildman–Crippen LogP) is 1.18. The monoisotopic (exact) mass is 177 g/mol. The molecule has 3 nitrogen and oxygen atoms in total. The molecule has 2 unspecified atom stereocenters. The van der Waals surface area contributed by atoms with Crippen molar-refractivity contribution in [1.29, 1.82) is 5.26 Å². The molecular weight excluding hydrogens is 166 g/mol. The Kier molecular flexibility index (Phi) is 2.17. The summed E-state index contributed by atoms with van der Waals surface area (Å²) < 4.78 is 10.5. The van der Waals surface area contributed by atoms with Gasteiger partial charge in [-0.25, -0.2) is 0 Å². The minimum atomic E-state index is -0.749. The van der Waals surface area contributed by atoms with Crippen LogP contribution in [0.4, 0.5) is 0 Å². The molecule has 0 aromatic rings. The molecule has 0 amide bonds. The summed E-state index contributed by atoms with van der Waals surface area (Å²) >= 11 is 0. The molecular formula is C10H11NO2. The quantitative estimate of drug-likeness (QED) is 0.608. The van der Waals surface area contributed by atoms with E-state index >= 15 is 0 Å². The topological polar surface area (TPSA) is 45.5 Å². The number of ether oxygens (including phenoxy) is 2. The molecule has 1 aliphatic heterocycles. The molecule has 0 N–H and O–H groups in total. The maximum atomic E-state index is 8.97. The Hall–Kier alpha value is -1.11. The summed E-state index contributed by atoms with van der Waals surface area (Å²) in [6, 6.07) is 2.18. The summed E-state index contributed by atoms with van der Waals surface area (Å²) in [5.74, 6) is 0. The lowest BCUT2D eigenvalue weighted by atomic mass is 9.97. The van der Waals surface area contributed by atoms with Crippen LogP contribution in [0.3, 0.4) is 0 Å². The normalized spacial score (nSPS) is 35.8. The van der Waals surface area contributed by atoms with E-state index in [2.05, 4.69) is 6.07 Å². The van der Waals surface area contributed by atoms with E-state index in [4.69, 9.17) is 14.7 Å². The van der Waals surface area contributed by atoms with Crippen molar-refractivity contribution in [2.45, 2.75) is 18.1 Å². The van der Waals surface area contributed by atoms with E-state index in [1.165, 1.54) is 0 Å². The second-order valence-corrected chi connectivity index (χ2v) is 3.26. The highest BCUT2D eigenvalue weighted by Gasteiger charge is 2.32. The van der Waals surface area contributed by atoms with Crippen molar-refractivity contribution < 1.29 is 9.47 Å². The van der Waals surface area contributed by atoms with Gasteiger partial charge in [0.05, 0.1) is 13.2 Å². The fraction of sp³-hybridized carbons (Fsp3) is 0.500. The van der Waals surface area contributed by atoms with E-state index in [1.807, 2.05) is 18.2 Å². The maximum Gasteiger partial charge on any atom is 0.176 e. The Balaban J connectivity index is 1.94. The average Bonchev–Trinajstić information content (AvgIpc) is 3.00. The lowest BCUT2D eigenvalue weighted by Gasteiger charge is -2.23. The van der Waals surface area contributed by atoms with Gasteiger partial charge in [-0.3, -0.25) is 0 Å². The number of nitriles is 1. The maximum absolute atomic E-state index is 8.97. The molecule has 0 saturated carbocycles. The summed E-state index contributed by atoms with van der Waals surface area (Å²) in [6.07, 6.45) is 8.36. The standard InChI is InChI=1S/C10H11NO2/c11-8-10(4-2-1-3-5-10)13-7-9-6-12-9/h1-4,9H,5-7H2. The summed E-state index contributed by atoms with van der Waals surface area (Å²) in [6.45, 7) is 1.28. The van der Waals surface area contributed by atoms with Gasteiger partial charge in [0.25, 0.3) is 0 Å². The third kappa shape index (κ3) is 1.97. The van der Waals surface area contributed by atoms with E-state index in [-0.39, 0.29) is 6.10 Å². The smallest absolute Gasteiger partial charge is 0.176 e. The molecule has 0 spiro atoms. The molecule has 0 radical (unpaired) electrons. The van der Waals surface area contributed by atoms with Crippen LogP contribution in [0, 0.1) is 11.3 Å². The Morgan fingerprint density at radius 3 is 3.00 bits per heavy atom. The number of hydrogen-bond acceptors (Lipinski definition) is 3. The zero-order chi connectivity index (χ0) is 9.15. The van der Waals surface area contributed by atoms with Gasteiger partial charge in [0.15, 0.2) is 5.60 Å². The molecule has 1 heterocycles. The summed E-state index contributed by atoms with van der Waals surface area (Å²) in [4.78, 5) is 0. The SMILES string of the molecule is N#CC1(OCC2CO2)C=CC=CC1. The Bertz CT molecular complexity index is 286. The van der Waals surface area contributed by atoms with E-state index in [1.54, 1.807) is 6.08 Å². The largest absolute Gasteiger partial charge is 0.371 e. The van der Waals surface area contributed by atoms with Crippen molar-refractivity contribution in [2.75, 3.05) is 13.2 Å². The van der Waals surface area contributed by atoms with Crippen molar-refractivity contribution in [1.82, 2.24) is 0 Å². The lowest BCUT2D eigenvalue weighted by molar-refractivity contribution is 0.0250. The Labute approximate surface area is 77.3 Å². The first kappa shape index (κ1) is 8.49. The van der Waals surface area contributed by atoms with Crippen LogP contribution < -0.4 is 0 Å². The van der Waals surface area contributed by atoms with Gasteiger partial charge in [0.1, 0.15) is 12.2 Å². The first-order valence-corrected chi connectivity index (χ1v) is 4.36. The minimum absolute atomic E-state index is 0.213. The first-order valence-electron chi connectivity index (χ1n) is 4.36. The van der Waals surface area contributed by atoms with Crippen LogP contribution in [-0.4, -0.2) is 24.9 Å². The molecule has 3 heteroatoms. The van der Waals surface area contributed by atoms with Crippen LogP contribution in [0.25, 0.3) is 0 Å². The molecule has 1 saturated heterocycles. The zero-order valence-corrected chi connectivity index (χ0v) is 7.27. The number of hydrogen-bond donors (Lipinski definition) is 0. The number of rotatable bonds is 3. The number of epoxide rings is 1. The van der Waals surface area contributed by atoms with E-state index in [0.717, 1.165) is 6.61 Å². The molecule has 0 aromatic heterocycles. The van der Waals surface area contributed by atoms with Crippen LogP contribution in [0.2, 0.25) is 0 Å². The highest BCUT2D eigenvalue weighted by Crippen LogP contribution is 2.23. The van der Waals surface area contributed by atoms with E-state index in [9.17, 15) is 0 Å². The molecule has 1 fully saturated rings. The van der Waals surface area contributed by atoms with Gasteiger partial charge in [-0.2, -0.15) is 5.26 Å². The highest BCUT2D eigenvalue weighted by molar-refractivity contribution is 5.26. The molecule has 0 bridgehead atoms. The predicted molar refractivity (Wildman–Crippen MR) is 46.9 cm³/mol. The summed E-state index contributed by atoms with van der Waals surface area (Å²) in [7, 11) is 0.